The Kier molecular flexibility index (Phi) is 3.08. The standard InChI is InChI=1S/C17H24N2/c1-2-4-17-14(3-1)7-8-19(17)12-13-5-6-15-10-18-11-16(15)9-13/h5-6,9,14,17-18H,1-4,7-8,10-12H2. The Labute approximate surface area is 116 Å². The van der Waals surface area contributed by atoms with E-state index < -0.39 is 0 Å². The van der Waals surface area contributed by atoms with E-state index in [2.05, 4.69) is 28.4 Å². The third-order valence-corrected chi connectivity index (χ3v) is 5.41. The number of likely N-dealkylation sites (tertiary alicyclic amines) is 1. The maximum Gasteiger partial charge on any atom is 0.0236 e. The number of rotatable bonds is 2. The van der Waals surface area contributed by atoms with E-state index in [9.17, 15) is 0 Å². The first-order chi connectivity index (χ1) is 9.40. The van der Waals surface area contributed by atoms with Gasteiger partial charge in [-0.1, -0.05) is 31.0 Å². The van der Waals surface area contributed by atoms with Gasteiger partial charge < -0.3 is 5.32 Å². The molecule has 0 amide bonds. The Bertz CT molecular complexity index is 468. The van der Waals surface area contributed by atoms with Gasteiger partial charge in [0.25, 0.3) is 0 Å². The molecule has 2 atom stereocenters. The SMILES string of the molecule is c1cc2c(cc1CN1CCC3CCCCC31)CNC2. The van der Waals surface area contributed by atoms with E-state index in [1.54, 1.807) is 0 Å². The summed E-state index contributed by atoms with van der Waals surface area (Å²) in [4.78, 5) is 2.76. The Morgan fingerprint density at radius 3 is 2.95 bits per heavy atom. The summed E-state index contributed by atoms with van der Waals surface area (Å²) in [5, 5.41) is 3.44. The predicted molar refractivity (Wildman–Crippen MR) is 77.8 cm³/mol. The molecular weight excluding hydrogens is 232 g/mol. The second-order valence-corrected chi connectivity index (χ2v) is 6.58. The van der Waals surface area contributed by atoms with Gasteiger partial charge in [-0.05, 0) is 48.4 Å². The molecule has 2 unspecified atom stereocenters. The van der Waals surface area contributed by atoms with Crippen molar-refractivity contribution in [1.29, 1.82) is 0 Å². The van der Waals surface area contributed by atoms with Crippen molar-refractivity contribution in [3.63, 3.8) is 0 Å². The highest BCUT2D eigenvalue weighted by Gasteiger charge is 2.35. The summed E-state index contributed by atoms with van der Waals surface area (Å²) in [6.07, 6.45) is 7.29. The van der Waals surface area contributed by atoms with Gasteiger partial charge in [0, 0.05) is 25.7 Å². The van der Waals surface area contributed by atoms with Gasteiger partial charge in [-0.3, -0.25) is 4.90 Å². The number of hydrogen-bond acceptors (Lipinski definition) is 2. The zero-order chi connectivity index (χ0) is 12.7. The summed E-state index contributed by atoms with van der Waals surface area (Å²) in [7, 11) is 0. The topological polar surface area (TPSA) is 15.3 Å². The molecule has 2 heteroatoms. The maximum absolute atomic E-state index is 3.44. The van der Waals surface area contributed by atoms with Crippen LogP contribution in [0.2, 0.25) is 0 Å². The molecule has 1 saturated heterocycles. The molecule has 0 radical (unpaired) electrons. The molecular formula is C17H24N2. The lowest BCUT2D eigenvalue weighted by atomic mass is 9.85. The maximum atomic E-state index is 3.44. The molecule has 4 rings (SSSR count). The Morgan fingerprint density at radius 2 is 1.95 bits per heavy atom. The van der Waals surface area contributed by atoms with Crippen molar-refractivity contribution in [3.05, 3.63) is 34.9 Å². The fraction of sp³-hybridized carbons (Fsp3) is 0.647. The van der Waals surface area contributed by atoms with Crippen molar-refractivity contribution < 1.29 is 0 Å². The van der Waals surface area contributed by atoms with Crippen molar-refractivity contribution in [3.8, 4) is 0 Å². The average Bonchev–Trinajstić information content (AvgIpc) is 3.06. The van der Waals surface area contributed by atoms with Gasteiger partial charge in [-0.2, -0.15) is 0 Å². The molecule has 102 valence electrons. The number of nitrogens with zero attached hydrogens (tertiary/aromatic N) is 1. The summed E-state index contributed by atoms with van der Waals surface area (Å²) >= 11 is 0. The summed E-state index contributed by atoms with van der Waals surface area (Å²) in [6, 6.07) is 8.01. The van der Waals surface area contributed by atoms with E-state index in [1.165, 1.54) is 61.9 Å². The minimum Gasteiger partial charge on any atom is -0.309 e. The van der Waals surface area contributed by atoms with Crippen LogP contribution >= 0.6 is 0 Å². The highest BCUT2D eigenvalue weighted by molar-refractivity contribution is 5.34. The van der Waals surface area contributed by atoms with Crippen LogP contribution in [0.25, 0.3) is 0 Å². The van der Waals surface area contributed by atoms with Crippen molar-refractivity contribution in [2.45, 2.75) is 57.8 Å². The normalized spacial score (nSPS) is 30.3. The van der Waals surface area contributed by atoms with E-state index >= 15 is 0 Å². The Balaban J connectivity index is 1.49. The predicted octanol–water partition coefficient (Wildman–Crippen LogP) is 3.05. The van der Waals surface area contributed by atoms with Gasteiger partial charge in [0.1, 0.15) is 0 Å². The number of hydrogen-bond donors (Lipinski definition) is 1. The molecule has 1 N–H and O–H groups in total. The molecule has 1 aromatic rings. The van der Waals surface area contributed by atoms with Gasteiger partial charge in [0.2, 0.25) is 0 Å². The van der Waals surface area contributed by atoms with E-state index in [-0.39, 0.29) is 0 Å². The van der Waals surface area contributed by atoms with Crippen LogP contribution in [0.15, 0.2) is 18.2 Å². The molecule has 1 aromatic carbocycles. The monoisotopic (exact) mass is 256 g/mol. The van der Waals surface area contributed by atoms with Crippen molar-refractivity contribution in [2.24, 2.45) is 5.92 Å². The van der Waals surface area contributed by atoms with Crippen LogP contribution in [0.5, 0.6) is 0 Å². The lowest BCUT2D eigenvalue weighted by Crippen LogP contribution is -2.34. The first kappa shape index (κ1) is 11.9. The third kappa shape index (κ3) is 2.21. The molecule has 1 aliphatic carbocycles. The van der Waals surface area contributed by atoms with Gasteiger partial charge >= 0.3 is 0 Å². The lowest BCUT2D eigenvalue weighted by molar-refractivity contribution is 0.176. The lowest BCUT2D eigenvalue weighted by Gasteiger charge is -2.31. The summed E-state index contributed by atoms with van der Waals surface area (Å²) in [5.41, 5.74) is 4.55. The minimum absolute atomic E-state index is 0.889. The van der Waals surface area contributed by atoms with Crippen LogP contribution in [0.4, 0.5) is 0 Å². The molecule has 0 aromatic heterocycles. The first-order valence-electron chi connectivity index (χ1n) is 7.95. The zero-order valence-electron chi connectivity index (χ0n) is 11.7. The van der Waals surface area contributed by atoms with E-state index in [1.807, 2.05) is 0 Å². The Morgan fingerprint density at radius 1 is 1.05 bits per heavy atom. The first-order valence-corrected chi connectivity index (χ1v) is 7.95. The second kappa shape index (κ2) is 4.92. The van der Waals surface area contributed by atoms with Crippen molar-refractivity contribution in [2.75, 3.05) is 6.54 Å². The molecule has 2 fully saturated rings. The van der Waals surface area contributed by atoms with Crippen LogP contribution < -0.4 is 5.32 Å². The van der Waals surface area contributed by atoms with E-state index in [0.29, 0.717) is 0 Å². The van der Waals surface area contributed by atoms with Crippen LogP contribution in [-0.2, 0) is 19.6 Å². The van der Waals surface area contributed by atoms with Crippen LogP contribution in [-0.4, -0.2) is 17.5 Å². The van der Waals surface area contributed by atoms with E-state index in [0.717, 1.165) is 25.0 Å². The number of benzene rings is 1. The van der Waals surface area contributed by atoms with Crippen LogP contribution in [0, 0.1) is 5.92 Å². The summed E-state index contributed by atoms with van der Waals surface area (Å²) in [6.45, 7) is 4.62. The van der Waals surface area contributed by atoms with Crippen LogP contribution in [0.1, 0.15) is 48.8 Å². The molecule has 0 bridgehead atoms. The highest BCUT2D eigenvalue weighted by atomic mass is 15.2. The summed E-state index contributed by atoms with van der Waals surface area (Å²) < 4.78 is 0. The van der Waals surface area contributed by atoms with Crippen molar-refractivity contribution in [1.82, 2.24) is 10.2 Å². The number of fused-ring (bicyclic) bond motifs is 2. The Hall–Kier alpha value is -0.860. The fourth-order valence-electron chi connectivity index (χ4n) is 4.38. The average molecular weight is 256 g/mol. The van der Waals surface area contributed by atoms with Gasteiger partial charge in [-0.25, -0.2) is 0 Å². The third-order valence-electron chi connectivity index (χ3n) is 5.41. The molecule has 2 aliphatic heterocycles. The minimum atomic E-state index is 0.889. The van der Waals surface area contributed by atoms with E-state index in [4.69, 9.17) is 0 Å². The number of nitrogens with one attached hydrogen (secondary N) is 1. The highest BCUT2D eigenvalue weighted by Crippen LogP contribution is 2.37. The smallest absolute Gasteiger partial charge is 0.0236 e. The van der Waals surface area contributed by atoms with Gasteiger partial charge in [0.15, 0.2) is 0 Å². The molecule has 2 heterocycles. The molecule has 19 heavy (non-hydrogen) atoms. The molecule has 2 nitrogen and oxygen atoms in total. The van der Waals surface area contributed by atoms with Gasteiger partial charge in [0.05, 0.1) is 0 Å². The van der Waals surface area contributed by atoms with Gasteiger partial charge in [-0.15, -0.1) is 0 Å². The zero-order valence-corrected chi connectivity index (χ0v) is 11.7. The largest absolute Gasteiger partial charge is 0.309 e. The molecule has 3 aliphatic rings. The molecule has 0 spiro atoms. The fourth-order valence-corrected chi connectivity index (χ4v) is 4.38. The van der Waals surface area contributed by atoms with Crippen molar-refractivity contribution >= 4 is 0 Å². The van der Waals surface area contributed by atoms with Crippen LogP contribution in [0.3, 0.4) is 0 Å². The molecule has 1 saturated carbocycles. The summed E-state index contributed by atoms with van der Waals surface area (Å²) in [5.74, 6) is 1.00. The second-order valence-electron chi connectivity index (χ2n) is 6.58. The quantitative estimate of drug-likeness (QED) is 0.875.